The summed E-state index contributed by atoms with van der Waals surface area (Å²) < 4.78 is 1.57. The monoisotopic (exact) mass is 339 g/mol. The van der Waals surface area contributed by atoms with Crippen LogP contribution in [0.5, 0.6) is 0 Å². The van der Waals surface area contributed by atoms with Crippen LogP contribution in [0.4, 0.5) is 0 Å². The van der Waals surface area contributed by atoms with Gasteiger partial charge < -0.3 is 4.90 Å². The molecule has 0 saturated carbocycles. The second-order valence-corrected chi connectivity index (χ2v) is 6.96. The zero-order chi connectivity index (χ0) is 17.4. The van der Waals surface area contributed by atoms with Crippen LogP contribution in [0.3, 0.4) is 0 Å². The maximum Gasteiger partial charge on any atom is 0.274 e. The molecular formula is C18H21N5O2. The van der Waals surface area contributed by atoms with E-state index in [1.165, 1.54) is 6.20 Å². The first kappa shape index (κ1) is 15.9. The molecule has 1 saturated heterocycles. The Morgan fingerprint density at radius 1 is 1.20 bits per heavy atom. The van der Waals surface area contributed by atoms with Crippen molar-refractivity contribution in [1.82, 2.24) is 24.6 Å². The van der Waals surface area contributed by atoms with Crippen molar-refractivity contribution in [1.29, 1.82) is 0 Å². The molecule has 25 heavy (non-hydrogen) atoms. The van der Waals surface area contributed by atoms with Gasteiger partial charge in [0.2, 0.25) is 0 Å². The highest BCUT2D eigenvalue weighted by Gasteiger charge is 2.32. The molecule has 2 aromatic heterocycles. The molecule has 1 amide bonds. The van der Waals surface area contributed by atoms with Gasteiger partial charge in [0.05, 0.1) is 24.1 Å². The Kier molecular flexibility index (Phi) is 4.07. The fourth-order valence-electron chi connectivity index (χ4n) is 3.49. The normalized spacial score (nSPS) is 17.1. The van der Waals surface area contributed by atoms with Crippen molar-refractivity contribution in [2.24, 2.45) is 5.92 Å². The van der Waals surface area contributed by atoms with E-state index in [1.54, 1.807) is 21.8 Å². The number of rotatable bonds is 3. The molecule has 0 spiro atoms. The lowest BCUT2D eigenvalue weighted by Crippen LogP contribution is -2.52. The second-order valence-electron chi connectivity index (χ2n) is 6.96. The molecule has 2 aromatic rings. The summed E-state index contributed by atoms with van der Waals surface area (Å²) in [4.78, 5) is 34.6. The molecule has 0 unspecified atom stereocenters. The van der Waals surface area contributed by atoms with E-state index in [4.69, 9.17) is 0 Å². The van der Waals surface area contributed by atoms with Crippen LogP contribution < -0.4 is 5.56 Å². The third kappa shape index (κ3) is 3.18. The van der Waals surface area contributed by atoms with E-state index in [9.17, 15) is 9.59 Å². The fourth-order valence-corrected chi connectivity index (χ4v) is 3.49. The molecular weight excluding hydrogens is 318 g/mol. The average molecular weight is 339 g/mol. The van der Waals surface area contributed by atoms with E-state index in [0.717, 1.165) is 42.6 Å². The van der Waals surface area contributed by atoms with Crippen molar-refractivity contribution in [2.45, 2.75) is 39.2 Å². The van der Waals surface area contributed by atoms with E-state index in [0.29, 0.717) is 25.3 Å². The first-order chi connectivity index (χ1) is 12.1. The van der Waals surface area contributed by atoms with Gasteiger partial charge in [0.15, 0.2) is 0 Å². The molecule has 1 fully saturated rings. The Hall–Kier alpha value is -2.57. The molecule has 0 aromatic carbocycles. The summed E-state index contributed by atoms with van der Waals surface area (Å²) in [6.45, 7) is 3.65. The number of aromatic nitrogens is 4. The predicted molar refractivity (Wildman–Crippen MR) is 91.3 cm³/mol. The minimum absolute atomic E-state index is 0.0326. The summed E-state index contributed by atoms with van der Waals surface area (Å²) in [5, 5.41) is 4.55. The van der Waals surface area contributed by atoms with Gasteiger partial charge in [0.1, 0.15) is 5.69 Å². The van der Waals surface area contributed by atoms with Crippen LogP contribution in [0, 0.1) is 12.8 Å². The summed E-state index contributed by atoms with van der Waals surface area (Å²) in [7, 11) is 0. The van der Waals surface area contributed by atoms with Crippen molar-refractivity contribution in [2.75, 3.05) is 13.1 Å². The van der Waals surface area contributed by atoms with E-state index in [2.05, 4.69) is 15.1 Å². The third-order valence-corrected chi connectivity index (χ3v) is 4.95. The lowest BCUT2D eigenvalue weighted by atomic mass is 9.96. The minimum atomic E-state index is -0.102. The van der Waals surface area contributed by atoms with Gasteiger partial charge in [-0.05, 0) is 38.2 Å². The van der Waals surface area contributed by atoms with Crippen molar-refractivity contribution < 1.29 is 4.79 Å². The maximum absolute atomic E-state index is 12.3. The standard InChI is InChI=1S/C18H21N5O2/c1-12-7-20-16(8-19-12)18(25)22-9-13(10-22)11-23-17(24)6-14-4-2-3-5-15(14)21-23/h6-8,13H,2-5,9-11H2,1H3. The van der Waals surface area contributed by atoms with Gasteiger partial charge in [0.25, 0.3) is 11.5 Å². The Bertz CT molecular complexity index is 853. The lowest BCUT2D eigenvalue weighted by molar-refractivity contribution is 0.0451. The number of hydrogen-bond acceptors (Lipinski definition) is 5. The fraction of sp³-hybridized carbons (Fsp3) is 0.500. The van der Waals surface area contributed by atoms with Gasteiger partial charge in [-0.25, -0.2) is 9.67 Å². The van der Waals surface area contributed by atoms with Gasteiger partial charge in [-0.15, -0.1) is 0 Å². The van der Waals surface area contributed by atoms with Crippen LogP contribution in [-0.2, 0) is 19.4 Å². The van der Waals surface area contributed by atoms with Gasteiger partial charge in [-0.2, -0.15) is 5.10 Å². The smallest absolute Gasteiger partial charge is 0.274 e. The number of aryl methyl sites for hydroxylation is 3. The van der Waals surface area contributed by atoms with E-state index in [1.807, 2.05) is 6.92 Å². The summed E-state index contributed by atoms with van der Waals surface area (Å²) in [5.41, 5.74) is 3.29. The molecule has 0 atom stereocenters. The number of fused-ring (bicyclic) bond motifs is 1. The van der Waals surface area contributed by atoms with E-state index in [-0.39, 0.29) is 17.4 Å². The highest BCUT2D eigenvalue weighted by atomic mass is 16.2. The Morgan fingerprint density at radius 2 is 2.00 bits per heavy atom. The lowest BCUT2D eigenvalue weighted by Gasteiger charge is -2.39. The van der Waals surface area contributed by atoms with Crippen LogP contribution in [0.1, 0.15) is 40.3 Å². The Balaban J connectivity index is 1.39. The number of likely N-dealkylation sites (tertiary alicyclic amines) is 1. The number of carbonyl (C=O) groups excluding carboxylic acids is 1. The largest absolute Gasteiger partial charge is 0.336 e. The van der Waals surface area contributed by atoms with E-state index < -0.39 is 0 Å². The van der Waals surface area contributed by atoms with Crippen molar-refractivity contribution in [3.63, 3.8) is 0 Å². The highest BCUT2D eigenvalue weighted by Crippen LogP contribution is 2.20. The number of nitrogens with zero attached hydrogens (tertiary/aromatic N) is 5. The quantitative estimate of drug-likeness (QED) is 0.833. The second kappa shape index (κ2) is 6.38. The summed E-state index contributed by atoms with van der Waals surface area (Å²) in [5.74, 6) is 0.156. The SMILES string of the molecule is Cc1cnc(C(=O)N2CC(Cn3nc4c(cc3=O)CCCC4)C2)cn1. The van der Waals surface area contributed by atoms with Gasteiger partial charge in [0, 0.05) is 31.3 Å². The van der Waals surface area contributed by atoms with Crippen molar-refractivity contribution in [3.05, 3.63) is 51.5 Å². The minimum Gasteiger partial charge on any atom is -0.336 e. The Morgan fingerprint density at radius 3 is 2.76 bits per heavy atom. The summed E-state index contributed by atoms with van der Waals surface area (Å²) in [6, 6.07) is 1.74. The van der Waals surface area contributed by atoms with E-state index >= 15 is 0 Å². The molecule has 4 rings (SSSR count). The van der Waals surface area contributed by atoms with Crippen molar-refractivity contribution in [3.8, 4) is 0 Å². The van der Waals surface area contributed by atoms with Crippen LogP contribution >= 0.6 is 0 Å². The Labute approximate surface area is 145 Å². The third-order valence-electron chi connectivity index (χ3n) is 4.95. The first-order valence-corrected chi connectivity index (χ1v) is 8.78. The molecule has 7 heteroatoms. The van der Waals surface area contributed by atoms with Crippen LogP contribution in [0.25, 0.3) is 0 Å². The molecule has 2 aliphatic rings. The van der Waals surface area contributed by atoms with Gasteiger partial charge >= 0.3 is 0 Å². The first-order valence-electron chi connectivity index (χ1n) is 8.78. The molecule has 7 nitrogen and oxygen atoms in total. The van der Waals surface area contributed by atoms with Crippen molar-refractivity contribution >= 4 is 5.91 Å². The molecule has 3 heterocycles. The maximum atomic E-state index is 12.3. The number of hydrogen-bond donors (Lipinski definition) is 0. The molecule has 0 N–H and O–H groups in total. The van der Waals surface area contributed by atoms with Crippen LogP contribution in [-0.4, -0.2) is 43.6 Å². The summed E-state index contributed by atoms with van der Waals surface area (Å²) in [6.07, 6.45) is 7.31. The highest BCUT2D eigenvalue weighted by molar-refractivity contribution is 5.92. The number of amides is 1. The van der Waals surface area contributed by atoms with Crippen LogP contribution in [0.2, 0.25) is 0 Å². The zero-order valence-corrected chi connectivity index (χ0v) is 14.3. The molecule has 1 aliphatic carbocycles. The molecule has 130 valence electrons. The molecule has 0 bridgehead atoms. The zero-order valence-electron chi connectivity index (χ0n) is 14.3. The molecule has 1 aliphatic heterocycles. The average Bonchev–Trinajstić information content (AvgIpc) is 2.58. The topological polar surface area (TPSA) is 81.0 Å². The number of carbonyl (C=O) groups is 1. The van der Waals surface area contributed by atoms with Gasteiger partial charge in [-0.1, -0.05) is 0 Å². The molecule has 0 radical (unpaired) electrons. The predicted octanol–water partition coefficient (Wildman–Crippen LogP) is 0.993. The van der Waals surface area contributed by atoms with Crippen LogP contribution in [0.15, 0.2) is 23.3 Å². The summed E-state index contributed by atoms with van der Waals surface area (Å²) >= 11 is 0. The van der Waals surface area contributed by atoms with Gasteiger partial charge in [-0.3, -0.25) is 14.6 Å².